The molecule has 2 aromatic rings. The SMILES string of the molecule is CCCCCCCC1CC(NCc2ccc(C(F)(F)F)cc2)c2ccc(OC)cc2O1.Cl. The van der Waals surface area contributed by atoms with E-state index in [4.69, 9.17) is 9.47 Å². The summed E-state index contributed by atoms with van der Waals surface area (Å²) in [4.78, 5) is 0. The van der Waals surface area contributed by atoms with E-state index in [1.54, 1.807) is 7.11 Å². The average Bonchev–Trinajstić information content (AvgIpc) is 2.76. The van der Waals surface area contributed by atoms with Crippen molar-refractivity contribution in [2.24, 2.45) is 0 Å². The first-order chi connectivity index (χ1) is 14.9. The molecule has 1 aliphatic rings. The average molecular weight is 472 g/mol. The van der Waals surface area contributed by atoms with Crippen molar-refractivity contribution in [3.8, 4) is 11.5 Å². The summed E-state index contributed by atoms with van der Waals surface area (Å²) in [5, 5.41) is 3.53. The van der Waals surface area contributed by atoms with Crippen LogP contribution in [-0.4, -0.2) is 13.2 Å². The summed E-state index contributed by atoms with van der Waals surface area (Å²) >= 11 is 0. The molecule has 3 rings (SSSR count). The van der Waals surface area contributed by atoms with Gasteiger partial charge in [-0.1, -0.05) is 50.8 Å². The molecular weight excluding hydrogens is 439 g/mol. The summed E-state index contributed by atoms with van der Waals surface area (Å²) in [6.45, 7) is 2.71. The molecule has 1 aliphatic heterocycles. The predicted octanol–water partition coefficient (Wildman–Crippen LogP) is 7.48. The van der Waals surface area contributed by atoms with Crippen LogP contribution in [0.25, 0.3) is 0 Å². The molecule has 32 heavy (non-hydrogen) atoms. The molecule has 0 bridgehead atoms. The molecule has 0 amide bonds. The van der Waals surface area contributed by atoms with Crippen LogP contribution in [0.3, 0.4) is 0 Å². The van der Waals surface area contributed by atoms with Gasteiger partial charge >= 0.3 is 6.18 Å². The summed E-state index contributed by atoms with van der Waals surface area (Å²) in [5.41, 5.74) is 1.27. The van der Waals surface area contributed by atoms with Gasteiger partial charge in [0.2, 0.25) is 0 Å². The zero-order chi connectivity index (χ0) is 22.3. The fourth-order valence-corrected chi connectivity index (χ4v) is 4.05. The highest BCUT2D eigenvalue weighted by atomic mass is 35.5. The van der Waals surface area contributed by atoms with Gasteiger partial charge in [-0.05, 0) is 36.6 Å². The first kappa shape index (κ1) is 26.3. The highest BCUT2D eigenvalue weighted by molar-refractivity contribution is 5.85. The molecule has 3 nitrogen and oxygen atoms in total. The van der Waals surface area contributed by atoms with Crippen molar-refractivity contribution in [3.63, 3.8) is 0 Å². The van der Waals surface area contributed by atoms with Crippen LogP contribution in [0, 0.1) is 0 Å². The van der Waals surface area contributed by atoms with Crippen molar-refractivity contribution in [1.82, 2.24) is 5.32 Å². The van der Waals surface area contributed by atoms with E-state index in [9.17, 15) is 13.2 Å². The summed E-state index contributed by atoms with van der Waals surface area (Å²) in [6, 6.07) is 11.3. The molecule has 0 radical (unpaired) electrons. The van der Waals surface area contributed by atoms with Gasteiger partial charge in [0.1, 0.15) is 17.6 Å². The van der Waals surface area contributed by atoms with E-state index >= 15 is 0 Å². The summed E-state index contributed by atoms with van der Waals surface area (Å²) in [6.07, 6.45) is 3.74. The van der Waals surface area contributed by atoms with Gasteiger partial charge < -0.3 is 14.8 Å². The maximum atomic E-state index is 12.8. The number of hydrogen-bond acceptors (Lipinski definition) is 3. The second-order valence-electron chi connectivity index (χ2n) is 8.21. The standard InChI is InChI=1S/C25H32F3NO2.ClH/c1-3-4-5-6-7-8-21-15-23(22-14-13-20(30-2)16-24(22)31-21)29-17-18-9-11-19(12-10-18)25(26,27)28;/h9-14,16,21,23,29H,3-8,15,17H2,1-2H3;1H. The number of nitrogens with one attached hydrogen (secondary N) is 1. The van der Waals surface area contributed by atoms with Crippen molar-refractivity contribution >= 4 is 12.4 Å². The molecule has 0 aliphatic carbocycles. The first-order valence-electron chi connectivity index (χ1n) is 11.1. The Bertz CT molecular complexity index is 827. The number of halogens is 4. The number of hydrogen-bond donors (Lipinski definition) is 1. The number of alkyl halides is 3. The monoisotopic (exact) mass is 471 g/mol. The van der Waals surface area contributed by atoms with Crippen LogP contribution in [0.2, 0.25) is 0 Å². The van der Waals surface area contributed by atoms with Crippen molar-refractivity contribution in [2.45, 2.75) is 76.7 Å². The van der Waals surface area contributed by atoms with E-state index in [0.29, 0.717) is 6.54 Å². The molecule has 1 N–H and O–H groups in total. The lowest BCUT2D eigenvalue weighted by molar-refractivity contribution is -0.137. The van der Waals surface area contributed by atoms with Gasteiger partial charge in [-0.3, -0.25) is 0 Å². The normalized spacial score (nSPS) is 17.8. The van der Waals surface area contributed by atoms with Gasteiger partial charge in [-0.25, -0.2) is 0 Å². The van der Waals surface area contributed by atoms with Gasteiger partial charge in [-0.2, -0.15) is 13.2 Å². The Kier molecular flexibility index (Phi) is 10.2. The molecular formula is C25H33ClF3NO2. The number of benzene rings is 2. The lowest BCUT2D eigenvalue weighted by Crippen LogP contribution is -2.33. The Morgan fingerprint density at radius 2 is 1.75 bits per heavy atom. The fraction of sp³-hybridized carbons (Fsp3) is 0.520. The quantitative estimate of drug-likeness (QED) is 0.364. The van der Waals surface area contributed by atoms with Gasteiger partial charge in [0, 0.05) is 30.6 Å². The molecule has 0 fully saturated rings. The molecule has 2 atom stereocenters. The van der Waals surface area contributed by atoms with Crippen LogP contribution < -0.4 is 14.8 Å². The molecule has 0 saturated heterocycles. The Hall–Kier alpha value is -1.92. The number of unbranched alkanes of at least 4 members (excludes halogenated alkanes) is 4. The van der Waals surface area contributed by atoms with Crippen molar-refractivity contribution in [2.75, 3.05) is 7.11 Å². The number of rotatable bonds is 10. The van der Waals surface area contributed by atoms with E-state index in [1.165, 1.54) is 37.8 Å². The highest BCUT2D eigenvalue weighted by Crippen LogP contribution is 2.38. The molecule has 178 valence electrons. The molecule has 2 unspecified atom stereocenters. The minimum Gasteiger partial charge on any atom is -0.497 e. The fourth-order valence-electron chi connectivity index (χ4n) is 4.05. The van der Waals surface area contributed by atoms with Crippen molar-refractivity contribution in [3.05, 3.63) is 59.2 Å². The lowest BCUT2D eigenvalue weighted by atomic mass is 9.93. The third kappa shape index (κ3) is 7.31. The molecule has 2 aromatic carbocycles. The predicted molar refractivity (Wildman–Crippen MR) is 124 cm³/mol. The molecule has 1 heterocycles. The summed E-state index contributed by atoms with van der Waals surface area (Å²) < 4.78 is 50.0. The zero-order valence-corrected chi connectivity index (χ0v) is 19.5. The first-order valence-corrected chi connectivity index (χ1v) is 11.1. The second kappa shape index (κ2) is 12.4. The van der Waals surface area contributed by atoms with Gasteiger partial charge in [0.15, 0.2) is 0 Å². The number of fused-ring (bicyclic) bond motifs is 1. The lowest BCUT2D eigenvalue weighted by Gasteiger charge is -2.33. The minimum atomic E-state index is -4.31. The van der Waals surface area contributed by atoms with Gasteiger partial charge in [0.05, 0.1) is 12.7 Å². The van der Waals surface area contributed by atoms with Crippen LogP contribution in [0.4, 0.5) is 13.2 Å². The third-order valence-electron chi connectivity index (χ3n) is 5.85. The summed E-state index contributed by atoms with van der Waals surface area (Å²) in [5.74, 6) is 1.58. The Balaban J connectivity index is 0.00000363. The summed E-state index contributed by atoms with van der Waals surface area (Å²) in [7, 11) is 1.64. The minimum absolute atomic E-state index is 0. The largest absolute Gasteiger partial charge is 0.497 e. The topological polar surface area (TPSA) is 30.5 Å². The van der Waals surface area contributed by atoms with Crippen LogP contribution >= 0.6 is 12.4 Å². The van der Waals surface area contributed by atoms with Crippen LogP contribution in [0.1, 0.15) is 74.6 Å². The van der Waals surface area contributed by atoms with Crippen LogP contribution in [0.15, 0.2) is 42.5 Å². The third-order valence-corrected chi connectivity index (χ3v) is 5.85. The second-order valence-corrected chi connectivity index (χ2v) is 8.21. The molecule has 0 spiro atoms. The molecule has 7 heteroatoms. The van der Waals surface area contributed by atoms with Gasteiger partial charge in [0.25, 0.3) is 0 Å². The van der Waals surface area contributed by atoms with E-state index in [2.05, 4.69) is 12.2 Å². The maximum Gasteiger partial charge on any atom is 0.416 e. The van der Waals surface area contributed by atoms with Crippen molar-refractivity contribution in [1.29, 1.82) is 0 Å². The van der Waals surface area contributed by atoms with E-state index in [0.717, 1.165) is 54.0 Å². The van der Waals surface area contributed by atoms with Crippen LogP contribution in [-0.2, 0) is 12.7 Å². The van der Waals surface area contributed by atoms with E-state index < -0.39 is 11.7 Å². The Morgan fingerprint density at radius 1 is 1.03 bits per heavy atom. The van der Waals surface area contributed by atoms with E-state index in [-0.39, 0.29) is 24.6 Å². The Labute approximate surface area is 195 Å². The van der Waals surface area contributed by atoms with Crippen LogP contribution in [0.5, 0.6) is 11.5 Å². The van der Waals surface area contributed by atoms with Gasteiger partial charge in [-0.15, -0.1) is 12.4 Å². The highest BCUT2D eigenvalue weighted by Gasteiger charge is 2.30. The van der Waals surface area contributed by atoms with E-state index in [1.807, 2.05) is 18.2 Å². The smallest absolute Gasteiger partial charge is 0.416 e. The maximum absolute atomic E-state index is 12.8. The zero-order valence-electron chi connectivity index (χ0n) is 18.7. The van der Waals surface area contributed by atoms with Crippen molar-refractivity contribution < 1.29 is 22.6 Å². The number of ether oxygens (including phenoxy) is 2. The Morgan fingerprint density at radius 3 is 2.41 bits per heavy atom. The molecule has 0 aromatic heterocycles. The number of methoxy groups -OCH3 is 1. The molecule has 0 saturated carbocycles.